The van der Waals surface area contributed by atoms with Gasteiger partial charge in [-0.05, 0) is 0 Å². The predicted octanol–water partition coefficient (Wildman–Crippen LogP) is 2.64. The predicted molar refractivity (Wildman–Crippen MR) is 107 cm³/mol. The van der Waals surface area contributed by atoms with Crippen molar-refractivity contribution in [3.63, 3.8) is 0 Å². The van der Waals surface area contributed by atoms with Gasteiger partial charge in [0.25, 0.3) is 0 Å². The molecule has 0 amide bonds. The number of hydrogen-bond donors (Lipinski definition) is 0. The van der Waals surface area contributed by atoms with Gasteiger partial charge in [0.15, 0.2) is 12.2 Å². The molecule has 10 heteroatoms. The van der Waals surface area contributed by atoms with Crippen LogP contribution in [-0.2, 0) is 28.6 Å². The standard InChI is InChI=1S/C20H20ClN3O6/c1-5-13-7-24(20-16(13)19(21)22-9-23-20)15-6-14(8-28-10(2)25)17(29-11(3)26)18(15)30-12(4)27/h5-7,9,15,17-18H,1,8H2,2-4H3/t15-,17-,18+/m1/s1. The van der Waals surface area contributed by atoms with Crippen LogP contribution in [0.25, 0.3) is 17.1 Å². The van der Waals surface area contributed by atoms with Crippen LogP contribution in [0, 0.1) is 0 Å². The van der Waals surface area contributed by atoms with E-state index in [-0.39, 0.29) is 11.8 Å². The lowest BCUT2D eigenvalue weighted by molar-refractivity contribution is -0.163. The first-order valence-electron chi connectivity index (χ1n) is 9.04. The van der Waals surface area contributed by atoms with Gasteiger partial charge in [-0.25, -0.2) is 9.97 Å². The van der Waals surface area contributed by atoms with Crippen LogP contribution >= 0.6 is 11.6 Å². The van der Waals surface area contributed by atoms with Crippen molar-refractivity contribution in [3.05, 3.63) is 41.5 Å². The summed E-state index contributed by atoms with van der Waals surface area (Å²) < 4.78 is 17.8. The van der Waals surface area contributed by atoms with Crippen LogP contribution in [0.15, 0.2) is 30.8 Å². The Morgan fingerprint density at radius 2 is 1.87 bits per heavy atom. The molecule has 0 bridgehead atoms. The molecule has 0 spiro atoms. The van der Waals surface area contributed by atoms with Crippen molar-refractivity contribution < 1.29 is 28.6 Å². The number of fused-ring (bicyclic) bond motifs is 1. The molecule has 0 fully saturated rings. The SMILES string of the molecule is C=Cc1cn([C@@H]2C=C(COC(C)=O)[C@@H](OC(C)=O)[C@H]2OC(C)=O)c2ncnc(Cl)c12. The van der Waals surface area contributed by atoms with Crippen LogP contribution in [0.3, 0.4) is 0 Å². The monoisotopic (exact) mass is 433 g/mol. The molecule has 2 aromatic heterocycles. The largest absolute Gasteiger partial charge is 0.461 e. The average Bonchev–Trinajstić information content (AvgIpc) is 3.19. The summed E-state index contributed by atoms with van der Waals surface area (Å²) in [5.74, 6) is -1.62. The van der Waals surface area contributed by atoms with Crippen molar-refractivity contribution >= 4 is 46.6 Å². The lowest BCUT2D eigenvalue weighted by atomic mass is 10.1. The molecule has 0 saturated heterocycles. The van der Waals surface area contributed by atoms with E-state index in [1.54, 1.807) is 22.9 Å². The van der Waals surface area contributed by atoms with Gasteiger partial charge in [0, 0.05) is 38.1 Å². The Bertz CT molecular complexity index is 1060. The van der Waals surface area contributed by atoms with Crippen LogP contribution in [0.2, 0.25) is 5.15 Å². The Balaban J connectivity index is 2.14. The topological polar surface area (TPSA) is 110 Å². The molecule has 0 unspecified atom stereocenters. The van der Waals surface area contributed by atoms with Crippen LogP contribution < -0.4 is 0 Å². The summed E-state index contributed by atoms with van der Waals surface area (Å²) >= 11 is 6.25. The Kier molecular flexibility index (Phi) is 6.21. The first kappa shape index (κ1) is 21.5. The molecule has 30 heavy (non-hydrogen) atoms. The van der Waals surface area contributed by atoms with Gasteiger partial charge >= 0.3 is 17.9 Å². The first-order valence-corrected chi connectivity index (χ1v) is 9.42. The molecule has 0 saturated carbocycles. The van der Waals surface area contributed by atoms with Gasteiger partial charge in [-0.15, -0.1) is 0 Å². The smallest absolute Gasteiger partial charge is 0.303 e. The summed E-state index contributed by atoms with van der Waals surface area (Å²) in [6.45, 7) is 7.45. The molecular formula is C20H20ClN3O6. The summed E-state index contributed by atoms with van der Waals surface area (Å²) in [5.41, 5.74) is 1.65. The van der Waals surface area contributed by atoms with Crippen molar-refractivity contribution in [2.75, 3.05) is 6.61 Å². The number of aromatic nitrogens is 3. The molecule has 0 aliphatic heterocycles. The van der Waals surface area contributed by atoms with Crippen molar-refractivity contribution in [1.29, 1.82) is 0 Å². The van der Waals surface area contributed by atoms with Crippen LogP contribution in [-0.4, -0.2) is 51.3 Å². The molecule has 0 N–H and O–H groups in total. The molecule has 2 heterocycles. The molecule has 3 rings (SSSR count). The van der Waals surface area contributed by atoms with E-state index in [1.165, 1.54) is 27.1 Å². The minimum absolute atomic E-state index is 0.120. The van der Waals surface area contributed by atoms with Gasteiger partial charge in [0.2, 0.25) is 0 Å². The average molecular weight is 434 g/mol. The van der Waals surface area contributed by atoms with E-state index in [4.69, 9.17) is 25.8 Å². The number of nitrogens with zero attached hydrogens (tertiary/aromatic N) is 3. The second-order valence-electron chi connectivity index (χ2n) is 6.68. The fourth-order valence-corrected chi connectivity index (χ4v) is 3.69. The van der Waals surface area contributed by atoms with Crippen LogP contribution in [0.4, 0.5) is 0 Å². The molecule has 2 aromatic rings. The number of esters is 3. The maximum Gasteiger partial charge on any atom is 0.303 e. The number of rotatable bonds is 6. The fraction of sp³-hybridized carbons (Fsp3) is 0.350. The van der Waals surface area contributed by atoms with Gasteiger partial charge in [-0.1, -0.05) is 30.3 Å². The van der Waals surface area contributed by atoms with Crippen molar-refractivity contribution in [1.82, 2.24) is 14.5 Å². The van der Waals surface area contributed by atoms with Crippen LogP contribution in [0.1, 0.15) is 32.4 Å². The Morgan fingerprint density at radius 1 is 1.17 bits per heavy atom. The Labute approximate surface area is 177 Å². The summed E-state index contributed by atoms with van der Waals surface area (Å²) in [6.07, 6.45) is 4.56. The van der Waals surface area contributed by atoms with Crippen molar-refractivity contribution in [3.8, 4) is 0 Å². The van der Waals surface area contributed by atoms with E-state index < -0.39 is 36.2 Å². The maximum absolute atomic E-state index is 11.8. The molecule has 9 nitrogen and oxygen atoms in total. The highest BCUT2D eigenvalue weighted by Crippen LogP contribution is 2.38. The lowest BCUT2D eigenvalue weighted by Gasteiger charge is -2.26. The van der Waals surface area contributed by atoms with Gasteiger partial charge < -0.3 is 18.8 Å². The summed E-state index contributed by atoms with van der Waals surface area (Å²) in [7, 11) is 0. The number of ether oxygens (including phenoxy) is 3. The zero-order valence-electron chi connectivity index (χ0n) is 16.6. The second kappa shape index (κ2) is 8.66. The number of hydrogen-bond acceptors (Lipinski definition) is 8. The van der Waals surface area contributed by atoms with E-state index in [0.717, 1.165) is 0 Å². The van der Waals surface area contributed by atoms with Gasteiger partial charge in [0.1, 0.15) is 23.7 Å². The Hall–Kier alpha value is -3.20. The highest BCUT2D eigenvalue weighted by Gasteiger charge is 2.44. The molecule has 1 aliphatic carbocycles. The van der Waals surface area contributed by atoms with E-state index >= 15 is 0 Å². The zero-order chi connectivity index (χ0) is 22.0. The van der Waals surface area contributed by atoms with E-state index in [9.17, 15) is 14.4 Å². The lowest BCUT2D eigenvalue weighted by Crippen LogP contribution is -2.37. The first-order chi connectivity index (χ1) is 14.2. The second-order valence-corrected chi connectivity index (χ2v) is 7.03. The summed E-state index contributed by atoms with van der Waals surface area (Å²) in [4.78, 5) is 43.1. The molecule has 158 valence electrons. The maximum atomic E-state index is 11.8. The minimum Gasteiger partial charge on any atom is -0.461 e. The van der Waals surface area contributed by atoms with Gasteiger partial charge in [-0.3, -0.25) is 14.4 Å². The minimum atomic E-state index is -0.933. The third kappa shape index (κ3) is 4.20. The third-order valence-corrected chi connectivity index (χ3v) is 4.84. The quantitative estimate of drug-likeness (QED) is 0.296. The van der Waals surface area contributed by atoms with Crippen LogP contribution in [0.5, 0.6) is 0 Å². The van der Waals surface area contributed by atoms with E-state index in [2.05, 4.69) is 16.5 Å². The third-order valence-electron chi connectivity index (χ3n) is 4.56. The van der Waals surface area contributed by atoms with Gasteiger partial charge in [-0.2, -0.15) is 0 Å². The Morgan fingerprint density at radius 3 is 2.47 bits per heavy atom. The number of carbonyl (C=O) groups excluding carboxylic acids is 3. The van der Waals surface area contributed by atoms with E-state index in [1.807, 2.05) is 0 Å². The van der Waals surface area contributed by atoms with Crippen molar-refractivity contribution in [2.24, 2.45) is 0 Å². The molecular weight excluding hydrogens is 414 g/mol. The zero-order valence-corrected chi connectivity index (χ0v) is 17.4. The number of carbonyl (C=O) groups is 3. The summed E-state index contributed by atoms with van der Waals surface area (Å²) in [6, 6.07) is -0.606. The van der Waals surface area contributed by atoms with Crippen molar-refractivity contribution in [2.45, 2.75) is 39.0 Å². The highest BCUT2D eigenvalue weighted by atomic mass is 35.5. The van der Waals surface area contributed by atoms with E-state index in [0.29, 0.717) is 22.2 Å². The number of halogens is 1. The molecule has 3 atom stereocenters. The normalized spacial score (nSPS) is 20.5. The molecule has 0 radical (unpaired) electrons. The molecule has 0 aromatic carbocycles. The highest BCUT2D eigenvalue weighted by molar-refractivity contribution is 6.34. The summed E-state index contributed by atoms with van der Waals surface area (Å²) in [5, 5.41) is 0.831. The van der Waals surface area contributed by atoms with Gasteiger partial charge in [0.05, 0.1) is 11.4 Å². The fourth-order valence-electron chi connectivity index (χ4n) is 3.45. The molecule has 1 aliphatic rings.